The van der Waals surface area contributed by atoms with Crippen molar-refractivity contribution in [3.05, 3.63) is 66.5 Å². The fourth-order valence-corrected chi connectivity index (χ4v) is 4.14. The van der Waals surface area contributed by atoms with E-state index in [0.717, 1.165) is 22.7 Å². The minimum Gasteiger partial charge on any atom is -0.496 e. The Bertz CT molecular complexity index is 1080. The predicted octanol–water partition coefficient (Wildman–Crippen LogP) is 3.97. The normalized spacial score (nSPS) is 14.5. The average Bonchev–Trinajstić information content (AvgIpc) is 3.23. The first-order chi connectivity index (χ1) is 14.7. The number of carbonyl (C=O) groups excluding carboxylic acids is 1. The van der Waals surface area contributed by atoms with Gasteiger partial charge in [-0.3, -0.25) is 4.79 Å². The van der Waals surface area contributed by atoms with Gasteiger partial charge in [0.2, 0.25) is 5.91 Å². The molecule has 0 fully saturated rings. The molecule has 0 saturated carbocycles. The van der Waals surface area contributed by atoms with Crippen molar-refractivity contribution in [2.24, 2.45) is 0 Å². The zero-order valence-corrected chi connectivity index (χ0v) is 17.5. The van der Waals surface area contributed by atoms with Gasteiger partial charge in [0.15, 0.2) is 0 Å². The highest BCUT2D eigenvalue weighted by molar-refractivity contribution is 8.00. The largest absolute Gasteiger partial charge is 0.496 e. The van der Waals surface area contributed by atoms with Crippen molar-refractivity contribution in [3.63, 3.8) is 0 Å². The number of nitrogens with zero attached hydrogens (tertiary/aromatic N) is 2. The van der Waals surface area contributed by atoms with Crippen LogP contribution in [0.5, 0.6) is 11.5 Å². The summed E-state index contributed by atoms with van der Waals surface area (Å²) >= 11 is 1.49. The molecule has 0 bridgehead atoms. The maximum absolute atomic E-state index is 12.5. The summed E-state index contributed by atoms with van der Waals surface area (Å²) in [6.45, 7) is 0. The second-order valence-corrected chi connectivity index (χ2v) is 7.61. The average molecular weight is 423 g/mol. The molecule has 1 amide bonds. The molecule has 30 heavy (non-hydrogen) atoms. The van der Waals surface area contributed by atoms with Crippen LogP contribution in [0.25, 0.3) is 17.5 Å². The number of ether oxygens (including phenoxy) is 2. The van der Waals surface area contributed by atoms with Crippen molar-refractivity contribution >= 4 is 29.6 Å². The molecule has 0 spiro atoms. The summed E-state index contributed by atoms with van der Waals surface area (Å²) in [6, 6.07) is 17.1. The molecule has 1 aliphatic rings. The van der Waals surface area contributed by atoms with E-state index in [1.165, 1.54) is 11.8 Å². The molecule has 7 nitrogen and oxygen atoms in total. The molecule has 0 aliphatic carbocycles. The van der Waals surface area contributed by atoms with Crippen molar-refractivity contribution in [1.82, 2.24) is 15.1 Å². The van der Waals surface area contributed by atoms with Crippen LogP contribution in [-0.2, 0) is 4.79 Å². The van der Waals surface area contributed by atoms with Crippen LogP contribution in [0, 0.1) is 0 Å². The summed E-state index contributed by atoms with van der Waals surface area (Å²) in [5.41, 5.74) is 3.37. The maximum Gasteiger partial charge on any atom is 0.234 e. The van der Waals surface area contributed by atoms with E-state index in [1.54, 1.807) is 14.2 Å². The van der Waals surface area contributed by atoms with E-state index in [-0.39, 0.29) is 17.0 Å². The number of nitrogens with one attached hydrogen (secondary N) is 2. The Morgan fingerprint density at radius 1 is 1.13 bits per heavy atom. The lowest BCUT2D eigenvalue weighted by Crippen LogP contribution is -2.23. The highest BCUT2D eigenvalue weighted by Gasteiger charge is 2.22. The Labute approximate surface area is 179 Å². The molecule has 4 rings (SSSR count). The van der Waals surface area contributed by atoms with Crippen LogP contribution in [0.3, 0.4) is 0 Å². The van der Waals surface area contributed by atoms with Gasteiger partial charge >= 0.3 is 0 Å². The number of anilines is 1. The lowest BCUT2D eigenvalue weighted by Gasteiger charge is -2.20. The quantitative estimate of drug-likeness (QED) is 0.600. The fourth-order valence-electron chi connectivity index (χ4n) is 3.23. The standard InChI is InChI=1S/C22H22N4O3S/c1-28-19-9-5-3-7-15(19)17-13-18-22(23-11-12-26(18)25-17)30-14-21(27)24-16-8-4-6-10-20(16)29-2/h3-13,22-23H,14H2,1-2H3,(H,24,27). The second-order valence-electron chi connectivity index (χ2n) is 6.52. The molecule has 2 heterocycles. The smallest absolute Gasteiger partial charge is 0.234 e. The van der Waals surface area contributed by atoms with Gasteiger partial charge in [0.25, 0.3) is 0 Å². The number of amides is 1. The Kier molecular flexibility index (Phi) is 5.94. The number of hydrogen-bond acceptors (Lipinski definition) is 6. The Morgan fingerprint density at radius 2 is 1.87 bits per heavy atom. The van der Waals surface area contributed by atoms with Crippen LogP contribution in [0.1, 0.15) is 11.1 Å². The van der Waals surface area contributed by atoms with E-state index >= 15 is 0 Å². The summed E-state index contributed by atoms with van der Waals surface area (Å²) in [5.74, 6) is 1.58. The molecular weight excluding hydrogens is 400 g/mol. The third-order valence-corrected chi connectivity index (χ3v) is 5.78. The van der Waals surface area contributed by atoms with Gasteiger partial charge in [-0.25, -0.2) is 4.68 Å². The van der Waals surface area contributed by atoms with Crippen molar-refractivity contribution in [2.75, 3.05) is 25.3 Å². The molecule has 2 aromatic carbocycles. The molecule has 2 N–H and O–H groups in total. The van der Waals surface area contributed by atoms with Gasteiger partial charge in [-0.05, 0) is 30.3 Å². The number of hydrogen-bond donors (Lipinski definition) is 2. The molecular formula is C22H22N4O3S. The lowest BCUT2D eigenvalue weighted by atomic mass is 10.1. The topological polar surface area (TPSA) is 77.4 Å². The summed E-state index contributed by atoms with van der Waals surface area (Å²) in [5, 5.41) is 10.8. The zero-order valence-electron chi connectivity index (χ0n) is 16.7. The monoisotopic (exact) mass is 422 g/mol. The van der Waals surface area contributed by atoms with Crippen molar-refractivity contribution in [2.45, 2.75) is 5.37 Å². The first-order valence-corrected chi connectivity index (χ1v) is 10.4. The third-order valence-electron chi connectivity index (χ3n) is 4.64. The van der Waals surface area contributed by atoms with Gasteiger partial charge in [0, 0.05) is 18.0 Å². The minimum atomic E-state index is -0.102. The first-order valence-electron chi connectivity index (χ1n) is 9.39. The van der Waals surface area contributed by atoms with Gasteiger partial charge in [-0.1, -0.05) is 24.3 Å². The number of methoxy groups -OCH3 is 2. The van der Waals surface area contributed by atoms with E-state index in [1.807, 2.05) is 71.7 Å². The molecule has 1 aliphatic heterocycles. The second kappa shape index (κ2) is 8.96. The van der Waals surface area contributed by atoms with Crippen LogP contribution < -0.4 is 20.1 Å². The van der Waals surface area contributed by atoms with Crippen LogP contribution in [0.15, 0.2) is 60.8 Å². The highest BCUT2D eigenvalue weighted by Crippen LogP contribution is 2.35. The lowest BCUT2D eigenvalue weighted by molar-refractivity contribution is -0.113. The van der Waals surface area contributed by atoms with E-state index in [0.29, 0.717) is 11.4 Å². The van der Waals surface area contributed by atoms with Gasteiger partial charge < -0.3 is 20.1 Å². The van der Waals surface area contributed by atoms with Gasteiger partial charge in [0.05, 0.1) is 37.0 Å². The SMILES string of the molecule is COc1ccccc1NC(=O)CSC1NC=Cn2nc(-c3ccccc3OC)cc21. The molecule has 154 valence electrons. The number of thioether (sulfide) groups is 1. The van der Waals surface area contributed by atoms with Crippen LogP contribution in [-0.4, -0.2) is 35.7 Å². The van der Waals surface area contributed by atoms with Crippen LogP contribution in [0.4, 0.5) is 5.69 Å². The highest BCUT2D eigenvalue weighted by atomic mass is 32.2. The van der Waals surface area contributed by atoms with Crippen molar-refractivity contribution in [1.29, 1.82) is 0 Å². The van der Waals surface area contributed by atoms with E-state index in [4.69, 9.17) is 9.47 Å². The number of benzene rings is 2. The Hall–Kier alpha value is -3.39. The molecule has 0 radical (unpaired) electrons. The first kappa shape index (κ1) is 19.9. The summed E-state index contributed by atoms with van der Waals surface area (Å²) in [7, 11) is 3.23. The molecule has 1 unspecified atom stereocenters. The van der Waals surface area contributed by atoms with Gasteiger partial charge in [-0.15, -0.1) is 11.8 Å². The van der Waals surface area contributed by atoms with Crippen molar-refractivity contribution in [3.8, 4) is 22.8 Å². The van der Waals surface area contributed by atoms with Gasteiger partial charge in [-0.2, -0.15) is 5.10 Å². The fraction of sp³-hybridized carbons (Fsp3) is 0.182. The summed E-state index contributed by atoms with van der Waals surface area (Å²) < 4.78 is 12.6. The number of rotatable bonds is 7. The summed E-state index contributed by atoms with van der Waals surface area (Å²) in [6.07, 6.45) is 3.70. The maximum atomic E-state index is 12.5. The number of fused-ring (bicyclic) bond motifs is 1. The van der Waals surface area contributed by atoms with E-state index in [9.17, 15) is 4.79 Å². The van der Waals surface area contributed by atoms with E-state index in [2.05, 4.69) is 15.7 Å². The number of carbonyl (C=O) groups is 1. The minimum absolute atomic E-state index is 0.100. The van der Waals surface area contributed by atoms with Gasteiger partial charge in [0.1, 0.15) is 16.9 Å². The Balaban J connectivity index is 1.46. The molecule has 1 aromatic heterocycles. The van der Waals surface area contributed by atoms with E-state index < -0.39 is 0 Å². The Morgan fingerprint density at radius 3 is 2.67 bits per heavy atom. The zero-order chi connectivity index (χ0) is 20.9. The molecule has 3 aromatic rings. The summed E-state index contributed by atoms with van der Waals surface area (Å²) in [4.78, 5) is 12.5. The number of para-hydroxylation sites is 3. The molecule has 1 atom stereocenters. The van der Waals surface area contributed by atoms with Crippen LogP contribution in [0.2, 0.25) is 0 Å². The third kappa shape index (κ3) is 4.13. The van der Waals surface area contributed by atoms with Crippen LogP contribution >= 0.6 is 11.8 Å². The number of aromatic nitrogens is 2. The van der Waals surface area contributed by atoms with Crippen molar-refractivity contribution < 1.29 is 14.3 Å². The predicted molar refractivity (Wildman–Crippen MR) is 120 cm³/mol. The molecule has 8 heteroatoms. The molecule has 0 saturated heterocycles.